The zero-order valence-electron chi connectivity index (χ0n) is 13.0. The van der Waals surface area contributed by atoms with E-state index in [2.05, 4.69) is 20.4 Å². The number of hydrogen-bond donors (Lipinski definition) is 1. The summed E-state index contributed by atoms with van der Waals surface area (Å²) in [6.07, 6.45) is 3.27. The third-order valence-electron chi connectivity index (χ3n) is 3.84. The second-order valence-electron chi connectivity index (χ2n) is 5.44. The number of fused-ring (bicyclic) bond motifs is 1. The van der Waals surface area contributed by atoms with Crippen molar-refractivity contribution in [1.82, 2.24) is 19.7 Å². The zero-order valence-corrected chi connectivity index (χ0v) is 14.5. The van der Waals surface area contributed by atoms with Crippen LogP contribution in [0.15, 0.2) is 61.1 Å². The number of halogens is 2. The van der Waals surface area contributed by atoms with Crippen LogP contribution in [0.5, 0.6) is 0 Å². The van der Waals surface area contributed by atoms with Gasteiger partial charge in [0.05, 0.1) is 17.3 Å². The van der Waals surface area contributed by atoms with E-state index in [0.717, 1.165) is 27.3 Å². The maximum Gasteiger partial charge on any atom is 0.168 e. The van der Waals surface area contributed by atoms with Crippen LogP contribution in [0.25, 0.3) is 16.7 Å². The Kier molecular flexibility index (Phi) is 4.26. The standard InChI is InChI=1S/C18H13Cl2N5/c19-13-5-7-14(8-6-13)25-18-15(10-24-25)17(22-11-23-18)21-9-12-3-1-2-4-16(12)20/h1-8,10-11H,9H2,(H,21,22,23). The summed E-state index contributed by atoms with van der Waals surface area (Å²) in [5.41, 5.74) is 2.61. The molecule has 0 saturated heterocycles. The number of hydrogen-bond acceptors (Lipinski definition) is 4. The van der Waals surface area contributed by atoms with Crippen LogP contribution >= 0.6 is 23.2 Å². The van der Waals surface area contributed by atoms with Gasteiger partial charge in [0.2, 0.25) is 0 Å². The van der Waals surface area contributed by atoms with Gasteiger partial charge in [0.1, 0.15) is 12.1 Å². The lowest BCUT2D eigenvalue weighted by Gasteiger charge is -2.08. The third-order valence-corrected chi connectivity index (χ3v) is 4.46. The Balaban J connectivity index is 1.67. The van der Waals surface area contributed by atoms with E-state index in [4.69, 9.17) is 23.2 Å². The number of benzene rings is 2. The van der Waals surface area contributed by atoms with E-state index in [1.54, 1.807) is 10.9 Å². The minimum atomic E-state index is 0.567. The average molecular weight is 370 g/mol. The summed E-state index contributed by atoms with van der Waals surface area (Å²) in [5, 5.41) is 9.98. The molecule has 0 fully saturated rings. The van der Waals surface area contributed by atoms with Crippen LogP contribution in [0, 0.1) is 0 Å². The minimum absolute atomic E-state index is 0.567. The fourth-order valence-corrected chi connectivity index (χ4v) is 2.91. The fourth-order valence-electron chi connectivity index (χ4n) is 2.58. The quantitative estimate of drug-likeness (QED) is 0.564. The van der Waals surface area contributed by atoms with Crippen LogP contribution in [-0.2, 0) is 6.54 Å². The normalized spacial score (nSPS) is 11.0. The highest BCUT2D eigenvalue weighted by Crippen LogP contribution is 2.23. The summed E-state index contributed by atoms with van der Waals surface area (Å²) >= 11 is 12.2. The molecule has 0 saturated carbocycles. The second kappa shape index (κ2) is 6.70. The van der Waals surface area contributed by atoms with Crippen LogP contribution in [0.1, 0.15) is 5.56 Å². The van der Waals surface area contributed by atoms with E-state index < -0.39 is 0 Å². The fraction of sp³-hybridized carbons (Fsp3) is 0.0556. The molecule has 0 bridgehead atoms. The summed E-state index contributed by atoms with van der Waals surface area (Å²) in [4.78, 5) is 8.70. The number of nitrogens with zero attached hydrogens (tertiary/aromatic N) is 4. The Hall–Kier alpha value is -2.63. The number of aromatic nitrogens is 4. The first-order chi connectivity index (χ1) is 12.2. The average Bonchev–Trinajstić information content (AvgIpc) is 3.06. The summed E-state index contributed by atoms with van der Waals surface area (Å²) in [6.45, 7) is 0.567. The van der Waals surface area contributed by atoms with Crippen molar-refractivity contribution in [3.63, 3.8) is 0 Å². The maximum atomic E-state index is 6.21. The lowest BCUT2D eigenvalue weighted by molar-refractivity contribution is 0.895. The summed E-state index contributed by atoms with van der Waals surface area (Å²) in [7, 11) is 0. The summed E-state index contributed by atoms with van der Waals surface area (Å²) in [6, 6.07) is 15.1. The molecule has 0 aliphatic rings. The zero-order chi connectivity index (χ0) is 17.2. The van der Waals surface area contributed by atoms with Gasteiger partial charge in [-0.1, -0.05) is 41.4 Å². The SMILES string of the molecule is Clc1ccc(-n2ncc3c(NCc4ccccc4Cl)ncnc32)cc1. The Labute approximate surface area is 154 Å². The van der Waals surface area contributed by atoms with Gasteiger partial charge in [-0.3, -0.25) is 0 Å². The topological polar surface area (TPSA) is 55.6 Å². The van der Waals surface area contributed by atoms with E-state index >= 15 is 0 Å². The van der Waals surface area contributed by atoms with Gasteiger partial charge >= 0.3 is 0 Å². The van der Waals surface area contributed by atoms with Gasteiger partial charge in [0.25, 0.3) is 0 Å². The molecule has 2 heterocycles. The van der Waals surface area contributed by atoms with Gasteiger partial charge in [-0.15, -0.1) is 0 Å². The van der Waals surface area contributed by atoms with E-state index in [1.807, 2.05) is 48.5 Å². The highest BCUT2D eigenvalue weighted by atomic mass is 35.5. The Morgan fingerprint density at radius 2 is 1.76 bits per heavy atom. The monoisotopic (exact) mass is 369 g/mol. The van der Waals surface area contributed by atoms with E-state index in [-0.39, 0.29) is 0 Å². The number of anilines is 1. The van der Waals surface area contributed by atoms with Crippen LogP contribution in [0.3, 0.4) is 0 Å². The molecule has 0 amide bonds. The largest absolute Gasteiger partial charge is 0.365 e. The minimum Gasteiger partial charge on any atom is -0.365 e. The molecule has 2 aromatic heterocycles. The highest BCUT2D eigenvalue weighted by Gasteiger charge is 2.11. The van der Waals surface area contributed by atoms with E-state index in [9.17, 15) is 0 Å². The molecular formula is C18H13Cl2N5. The number of rotatable bonds is 4. The van der Waals surface area contributed by atoms with Crippen LogP contribution in [0.4, 0.5) is 5.82 Å². The van der Waals surface area contributed by atoms with Gasteiger partial charge < -0.3 is 5.32 Å². The van der Waals surface area contributed by atoms with Gasteiger partial charge in [0.15, 0.2) is 5.65 Å². The molecule has 1 N–H and O–H groups in total. The predicted molar refractivity (Wildman–Crippen MR) is 100 cm³/mol. The molecule has 5 nitrogen and oxygen atoms in total. The van der Waals surface area contributed by atoms with Gasteiger partial charge in [-0.2, -0.15) is 5.10 Å². The second-order valence-corrected chi connectivity index (χ2v) is 6.28. The molecule has 0 spiro atoms. The molecule has 0 radical (unpaired) electrons. The molecular weight excluding hydrogens is 357 g/mol. The van der Waals surface area contributed by atoms with E-state index in [1.165, 1.54) is 6.33 Å². The Morgan fingerprint density at radius 1 is 0.960 bits per heavy atom. The maximum absolute atomic E-state index is 6.21. The van der Waals surface area contributed by atoms with Crippen LogP contribution in [-0.4, -0.2) is 19.7 Å². The first-order valence-corrected chi connectivity index (χ1v) is 8.40. The van der Waals surface area contributed by atoms with Crippen molar-refractivity contribution in [1.29, 1.82) is 0 Å². The molecule has 7 heteroatoms. The molecule has 25 heavy (non-hydrogen) atoms. The molecule has 4 aromatic rings. The lowest BCUT2D eigenvalue weighted by Crippen LogP contribution is -2.03. The Morgan fingerprint density at radius 3 is 2.56 bits per heavy atom. The molecule has 0 aliphatic carbocycles. The molecule has 4 rings (SSSR count). The van der Waals surface area contributed by atoms with Crippen molar-refractivity contribution in [2.24, 2.45) is 0 Å². The first kappa shape index (κ1) is 15.9. The van der Waals surface area contributed by atoms with Crippen LogP contribution in [0.2, 0.25) is 10.0 Å². The van der Waals surface area contributed by atoms with E-state index in [0.29, 0.717) is 17.4 Å². The van der Waals surface area contributed by atoms with Gasteiger partial charge in [-0.25, -0.2) is 14.6 Å². The summed E-state index contributed by atoms with van der Waals surface area (Å²) in [5.74, 6) is 0.713. The molecule has 0 aliphatic heterocycles. The van der Waals surface area contributed by atoms with Crippen molar-refractivity contribution in [2.75, 3.05) is 5.32 Å². The van der Waals surface area contributed by atoms with Crippen LogP contribution < -0.4 is 5.32 Å². The number of nitrogens with one attached hydrogen (secondary N) is 1. The lowest BCUT2D eigenvalue weighted by atomic mass is 10.2. The highest BCUT2D eigenvalue weighted by molar-refractivity contribution is 6.31. The van der Waals surface area contributed by atoms with Crippen molar-refractivity contribution in [3.05, 3.63) is 76.7 Å². The van der Waals surface area contributed by atoms with Gasteiger partial charge in [-0.05, 0) is 35.9 Å². The molecule has 0 unspecified atom stereocenters. The Bertz CT molecular complexity index is 1030. The molecule has 0 atom stereocenters. The predicted octanol–water partition coefficient (Wildman–Crippen LogP) is 4.73. The summed E-state index contributed by atoms with van der Waals surface area (Å²) < 4.78 is 1.76. The van der Waals surface area contributed by atoms with Crippen molar-refractivity contribution >= 4 is 40.1 Å². The third kappa shape index (κ3) is 3.16. The van der Waals surface area contributed by atoms with Gasteiger partial charge in [0, 0.05) is 16.6 Å². The first-order valence-electron chi connectivity index (χ1n) is 7.64. The molecule has 2 aromatic carbocycles. The van der Waals surface area contributed by atoms with Crippen molar-refractivity contribution < 1.29 is 0 Å². The van der Waals surface area contributed by atoms with Crippen molar-refractivity contribution in [3.8, 4) is 5.69 Å². The smallest absolute Gasteiger partial charge is 0.168 e. The molecule has 124 valence electrons. The van der Waals surface area contributed by atoms with Crippen molar-refractivity contribution in [2.45, 2.75) is 6.54 Å².